The molecule has 0 fully saturated rings. The Morgan fingerprint density at radius 3 is 2.20 bits per heavy atom. The molecule has 1 atom stereocenters. The van der Waals surface area contributed by atoms with Crippen molar-refractivity contribution in [2.45, 2.75) is 39.3 Å². The van der Waals surface area contributed by atoms with Crippen molar-refractivity contribution in [3.8, 4) is 5.75 Å². The molecule has 0 heterocycles. The molecule has 2 nitrogen and oxygen atoms in total. The highest BCUT2D eigenvalue weighted by Gasteiger charge is 2.24. The second kappa shape index (κ2) is 5.68. The van der Waals surface area contributed by atoms with E-state index in [1.165, 1.54) is 5.56 Å². The molecule has 0 aromatic heterocycles. The zero-order chi connectivity index (χ0) is 14.8. The van der Waals surface area contributed by atoms with Gasteiger partial charge in [0.05, 0.1) is 11.6 Å². The van der Waals surface area contributed by atoms with Crippen molar-refractivity contribution < 1.29 is 4.74 Å². The van der Waals surface area contributed by atoms with Crippen molar-refractivity contribution in [2.24, 2.45) is 5.73 Å². The minimum Gasteiger partial charge on any atom is -0.491 e. The van der Waals surface area contributed by atoms with Gasteiger partial charge in [0.1, 0.15) is 5.75 Å². The van der Waals surface area contributed by atoms with Gasteiger partial charge in [0.15, 0.2) is 0 Å². The summed E-state index contributed by atoms with van der Waals surface area (Å²) in [5.41, 5.74) is 9.43. The molecule has 1 unspecified atom stereocenters. The van der Waals surface area contributed by atoms with Gasteiger partial charge < -0.3 is 10.5 Å². The normalized spacial score (nSPS) is 14.1. The summed E-state index contributed by atoms with van der Waals surface area (Å²) < 4.78 is 5.75. The minimum atomic E-state index is -0.525. The van der Waals surface area contributed by atoms with E-state index in [1.54, 1.807) is 0 Å². The molecule has 0 spiro atoms. The third-order valence-corrected chi connectivity index (χ3v) is 3.42. The van der Waals surface area contributed by atoms with Crippen LogP contribution in [0.15, 0.2) is 48.5 Å². The Hall–Kier alpha value is -1.80. The van der Waals surface area contributed by atoms with Crippen molar-refractivity contribution in [2.75, 3.05) is 0 Å². The summed E-state index contributed by atoms with van der Waals surface area (Å²) in [5, 5.41) is 0. The van der Waals surface area contributed by atoms with E-state index in [-0.39, 0.29) is 6.10 Å². The number of rotatable bonds is 4. The largest absolute Gasteiger partial charge is 0.491 e. The molecule has 0 aliphatic heterocycles. The molecular formula is C18H23NO. The fraction of sp³-hybridized carbons (Fsp3) is 0.333. The predicted octanol–water partition coefficient (Wildman–Crippen LogP) is 4.00. The maximum Gasteiger partial charge on any atom is 0.120 e. The van der Waals surface area contributed by atoms with Gasteiger partial charge in [-0.1, -0.05) is 42.0 Å². The number of aryl methyl sites for hydroxylation is 1. The van der Waals surface area contributed by atoms with Gasteiger partial charge in [0, 0.05) is 0 Å². The molecule has 2 rings (SSSR count). The summed E-state index contributed by atoms with van der Waals surface area (Å²) in [6.45, 7) is 8.16. The van der Waals surface area contributed by atoms with Gasteiger partial charge in [-0.15, -0.1) is 0 Å². The molecule has 0 radical (unpaired) electrons. The van der Waals surface area contributed by atoms with Crippen molar-refractivity contribution in [3.05, 3.63) is 65.2 Å². The number of hydrogen-bond acceptors (Lipinski definition) is 2. The lowest BCUT2D eigenvalue weighted by atomic mass is 9.85. The monoisotopic (exact) mass is 269 g/mol. The molecule has 0 saturated heterocycles. The maximum atomic E-state index is 6.57. The maximum absolute atomic E-state index is 6.57. The Morgan fingerprint density at radius 2 is 1.60 bits per heavy atom. The van der Waals surface area contributed by atoms with E-state index in [0.717, 1.165) is 16.9 Å². The van der Waals surface area contributed by atoms with E-state index in [9.17, 15) is 0 Å². The van der Waals surface area contributed by atoms with Crippen LogP contribution in [-0.4, -0.2) is 6.10 Å². The summed E-state index contributed by atoms with van der Waals surface area (Å²) in [6, 6.07) is 16.4. The highest BCUT2D eigenvalue weighted by molar-refractivity contribution is 5.41. The molecule has 2 heteroatoms. The summed E-state index contributed by atoms with van der Waals surface area (Å²) in [7, 11) is 0. The van der Waals surface area contributed by atoms with Crippen LogP contribution in [0.5, 0.6) is 5.75 Å². The first-order valence-electron chi connectivity index (χ1n) is 7.03. The van der Waals surface area contributed by atoms with Crippen LogP contribution in [0, 0.1) is 6.92 Å². The van der Waals surface area contributed by atoms with Crippen LogP contribution >= 0.6 is 0 Å². The molecule has 0 amide bonds. The number of ether oxygens (including phenoxy) is 1. The van der Waals surface area contributed by atoms with Crippen LogP contribution < -0.4 is 10.5 Å². The van der Waals surface area contributed by atoms with Gasteiger partial charge in [-0.05, 0) is 51.0 Å². The summed E-state index contributed by atoms with van der Waals surface area (Å²) in [6.07, 6.45) is 0.160. The average molecular weight is 269 g/mol. The van der Waals surface area contributed by atoms with Gasteiger partial charge in [0.2, 0.25) is 0 Å². The van der Waals surface area contributed by atoms with Crippen LogP contribution in [0.4, 0.5) is 0 Å². The smallest absolute Gasteiger partial charge is 0.120 e. The summed E-state index contributed by atoms with van der Waals surface area (Å²) in [4.78, 5) is 0. The quantitative estimate of drug-likeness (QED) is 0.910. The molecule has 2 aromatic carbocycles. The van der Waals surface area contributed by atoms with Crippen molar-refractivity contribution in [1.29, 1.82) is 0 Å². The molecule has 0 saturated carbocycles. The van der Waals surface area contributed by atoms with Crippen LogP contribution in [0.3, 0.4) is 0 Å². The first-order valence-corrected chi connectivity index (χ1v) is 7.03. The van der Waals surface area contributed by atoms with Crippen molar-refractivity contribution >= 4 is 0 Å². The van der Waals surface area contributed by atoms with Gasteiger partial charge >= 0.3 is 0 Å². The predicted molar refractivity (Wildman–Crippen MR) is 84.0 cm³/mol. The SMILES string of the molecule is Cc1cccc(C(C)(N)c2cccc(OC(C)C)c2)c1. The zero-order valence-corrected chi connectivity index (χ0v) is 12.7. The Bertz CT molecular complexity index is 587. The van der Waals surface area contributed by atoms with E-state index in [2.05, 4.69) is 31.2 Å². The van der Waals surface area contributed by atoms with E-state index < -0.39 is 5.54 Å². The Balaban J connectivity index is 2.38. The molecule has 2 N–H and O–H groups in total. The van der Waals surface area contributed by atoms with E-state index in [0.29, 0.717) is 0 Å². The number of benzene rings is 2. The highest BCUT2D eigenvalue weighted by Crippen LogP contribution is 2.29. The first-order chi connectivity index (χ1) is 9.39. The van der Waals surface area contributed by atoms with Gasteiger partial charge in [0.25, 0.3) is 0 Å². The summed E-state index contributed by atoms with van der Waals surface area (Å²) >= 11 is 0. The van der Waals surface area contributed by atoms with Crippen LogP contribution in [0.25, 0.3) is 0 Å². The molecule has 0 bridgehead atoms. The van der Waals surface area contributed by atoms with Crippen LogP contribution in [0.1, 0.15) is 37.5 Å². The Kier molecular flexibility index (Phi) is 4.15. The van der Waals surface area contributed by atoms with Crippen LogP contribution in [0.2, 0.25) is 0 Å². The number of nitrogens with two attached hydrogens (primary N) is 1. The lowest BCUT2D eigenvalue weighted by Crippen LogP contribution is -2.34. The summed E-state index contributed by atoms with van der Waals surface area (Å²) in [5.74, 6) is 0.863. The molecule has 106 valence electrons. The highest BCUT2D eigenvalue weighted by atomic mass is 16.5. The molecule has 0 aliphatic rings. The molecule has 0 aliphatic carbocycles. The topological polar surface area (TPSA) is 35.2 Å². The van der Waals surface area contributed by atoms with Gasteiger partial charge in [-0.2, -0.15) is 0 Å². The lowest BCUT2D eigenvalue weighted by molar-refractivity contribution is 0.242. The fourth-order valence-corrected chi connectivity index (χ4v) is 2.30. The third kappa shape index (κ3) is 3.20. The second-order valence-corrected chi connectivity index (χ2v) is 5.77. The molecule has 2 aromatic rings. The molecular weight excluding hydrogens is 246 g/mol. The fourth-order valence-electron chi connectivity index (χ4n) is 2.30. The van der Waals surface area contributed by atoms with E-state index >= 15 is 0 Å². The van der Waals surface area contributed by atoms with Crippen molar-refractivity contribution in [1.82, 2.24) is 0 Å². The Morgan fingerprint density at radius 1 is 1.00 bits per heavy atom. The van der Waals surface area contributed by atoms with E-state index in [4.69, 9.17) is 10.5 Å². The average Bonchev–Trinajstić information content (AvgIpc) is 2.38. The molecule has 20 heavy (non-hydrogen) atoms. The third-order valence-electron chi connectivity index (χ3n) is 3.42. The van der Waals surface area contributed by atoms with Gasteiger partial charge in [-0.25, -0.2) is 0 Å². The lowest BCUT2D eigenvalue weighted by Gasteiger charge is -2.27. The second-order valence-electron chi connectivity index (χ2n) is 5.77. The zero-order valence-electron chi connectivity index (χ0n) is 12.7. The van der Waals surface area contributed by atoms with Gasteiger partial charge in [-0.3, -0.25) is 0 Å². The standard InChI is InChI=1S/C18H23NO/c1-13(2)20-17-10-6-9-16(12-17)18(4,19)15-8-5-7-14(3)11-15/h5-13H,19H2,1-4H3. The number of hydrogen-bond donors (Lipinski definition) is 1. The Labute approximate surface area is 121 Å². The van der Waals surface area contributed by atoms with Crippen molar-refractivity contribution in [3.63, 3.8) is 0 Å². The van der Waals surface area contributed by atoms with Crippen LogP contribution in [-0.2, 0) is 5.54 Å². The van der Waals surface area contributed by atoms with E-state index in [1.807, 2.05) is 45.0 Å². The minimum absolute atomic E-state index is 0.160. The first kappa shape index (κ1) is 14.6.